The third-order valence-electron chi connectivity index (χ3n) is 2.55. The molecule has 0 saturated carbocycles. The second-order valence-corrected chi connectivity index (χ2v) is 6.27. The lowest BCUT2D eigenvalue weighted by Crippen LogP contribution is -1.94. The van der Waals surface area contributed by atoms with E-state index in [1.165, 1.54) is 11.3 Å². The minimum absolute atomic E-state index is 0.539. The number of nitrogens with zero attached hydrogens (tertiary/aromatic N) is 4. The molecule has 0 aliphatic rings. The van der Waals surface area contributed by atoms with E-state index in [9.17, 15) is 0 Å². The summed E-state index contributed by atoms with van der Waals surface area (Å²) < 4.78 is 6.15. The highest BCUT2D eigenvalue weighted by Crippen LogP contribution is 2.28. The minimum Gasteiger partial charge on any atom is -0.360 e. The normalized spacial score (nSPS) is 10.7. The zero-order valence-corrected chi connectivity index (χ0v) is 12.9. The predicted molar refractivity (Wildman–Crippen MR) is 83.4 cm³/mol. The van der Waals surface area contributed by atoms with Gasteiger partial charge in [0, 0.05) is 12.1 Å². The van der Waals surface area contributed by atoms with Crippen LogP contribution in [0.15, 0.2) is 39.2 Å². The largest absolute Gasteiger partial charge is 0.360 e. The maximum absolute atomic E-state index is 5.26. The van der Waals surface area contributed by atoms with E-state index in [-0.39, 0.29) is 0 Å². The maximum Gasteiger partial charge on any atom is 0.257 e. The monoisotopic (exact) mass is 319 g/mol. The maximum atomic E-state index is 5.26. The van der Waals surface area contributed by atoms with Gasteiger partial charge in [0.2, 0.25) is 5.13 Å². The molecule has 0 aliphatic heterocycles. The lowest BCUT2D eigenvalue weighted by Gasteiger charge is -1.92. The van der Waals surface area contributed by atoms with E-state index in [1.807, 2.05) is 37.3 Å². The summed E-state index contributed by atoms with van der Waals surface area (Å²) in [5, 5.41) is 16.1. The molecule has 2 aromatic heterocycles. The molecule has 108 valence electrons. The summed E-state index contributed by atoms with van der Waals surface area (Å²) in [6.45, 7) is 2.86. The lowest BCUT2D eigenvalue weighted by molar-refractivity contribution is 0.425. The Morgan fingerprint density at radius 1 is 1.24 bits per heavy atom. The molecule has 8 heteroatoms. The first-order valence-corrected chi connectivity index (χ1v) is 8.23. The Bertz CT molecular complexity index is 697. The second-order valence-electron chi connectivity index (χ2n) is 4.07. The van der Waals surface area contributed by atoms with Crippen molar-refractivity contribution < 1.29 is 4.52 Å². The van der Waals surface area contributed by atoms with Crippen LogP contribution >= 0.6 is 23.1 Å². The Labute approximate surface area is 130 Å². The fraction of sp³-hybridized carbons (Fsp3) is 0.231. The van der Waals surface area contributed by atoms with E-state index in [0.717, 1.165) is 21.6 Å². The van der Waals surface area contributed by atoms with Crippen molar-refractivity contribution in [3.63, 3.8) is 0 Å². The summed E-state index contributed by atoms with van der Waals surface area (Å²) in [5.74, 6) is 1.80. The second kappa shape index (κ2) is 6.68. The van der Waals surface area contributed by atoms with Gasteiger partial charge in [-0.2, -0.15) is 4.98 Å². The molecule has 0 radical (unpaired) electrons. The molecule has 0 saturated heterocycles. The smallest absolute Gasteiger partial charge is 0.257 e. The van der Waals surface area contributed by atoms with Crippen LogP contribution in [0.25, 0.3) is 11.5 Å². The van der Waals surface area contributed by atoms with Crippen molar-refractivity contribution in [3.8, 4) is 11.5 Å². The zero-order valence-electron chi connectivity index (χ0n) is 11.3. The topological polar surface area (TPSA) is 76.7 Å². The van der Waals surface area contributed by atoms with Gasteiger partial charge in [0.15, 0.2) is 10.2 Å². The van der Waals surface area contributed by atoms with Crippen LogP contribution in [-0.4, -0.2) is 26.9 Å². The van der Waals surface area contributed by atoms with Crippen LogP contribution in [0, 0.1) is 0 Å². The van der Waals surface area contributed by atoms with Gasteiger partial charge >= 0.3 is 0 Å². The van der Waals surface area contributed by atoms with Gasteiger partial charge in [0.1, 0.15) is 0 Å². The van der Waals surface area contributed by atoms with Crippen molar-refractivity contribution in [2.45, 2.75) is 17.0 Å². The number of rotatable bonds is 6. The molecule has 0 unspecified atom stereocenters. The van der Waals surface area contributed by atoms with E-state index in [4.69, 9.17) is 4.52 Å². The van der Waals surface area contributed by atoms with Gasteiger partial charge in [-0.05, 0) is 19.1 Å². The SMILES string of the molecule is CCNc1nnc(SCc2noc(-c3ccccc3)n2)s1. The Morgan fingerprint density at radius 3 is 2.90 bits per heavy atom. The molecule has 0 amide bonds. The van der Waals surface area contributed by atoms with Crippen molar-refractivity contribution in [2.75, 3.05) is 11.9 Å². The summed E-state index contributed by atoms with van der Waals surface area (Å²) in [5.41, 5.74) is 0.923. The molecule has 0 fully saturated rings. The van der Waals surface area contributed by atoms with Crippen LogP contribution in [0.5, 0.6) is 0 Å². The molecule has 2 heterocycles. The molecule has 0 atom stereocenters. The van der Waals surface area contributed by atoms with Crippen molar-refractivity contribution in [2.24, 2.45) is 0 Å². The molecule has 0 spiro atoms. The fourth-order valence-corrected chi connectivity index (χ4v) is 3.29. The number of benzene rings is 1. The first kappa shape index (κ1) is 14.0. The first-order chi connectivity index (χ1) is 10.3. The van der Waals surface area contributed by atoms with E-state index < -0.39 is 0 Å². The Balaban J connectivity index is 1.62. The molecule has 1 N–H and O–H groups in total. The molecule has 0 bridgehead atoms. The Hall–Kier alpha value is -1.93. The number of nitrogens with one attached hydrogen (secondary N) is 1. The fourth-order valence-electron chi connectivity index (χ4n) is 1.63. The van der Waals surface area contributed by atoms with Gasteiger partial charge in [-0.15, -0.1) is 10.2 Å². The summed E-state index contributed by atoms with van der Waals surface area (Å²) in [7, 11) is 0. The van der Waals surface area contributed by atoms with E-state index in [2.05, 4.69) is 25.7 Å². The number of aromatic nitrogens is 4. The van der Waals surface area contributed by atoms with Crippen LogP contribution < -0.4 is 5.32 Å². The highest BCUT2D eigenvalue weighted by atomic mass is 32.2. The van der Waals surface area contributed by atoms with Gasteiger partial charge < -0.3 is 9.84 Å². The molecule has 3 aromatic rings. The van der Waals surface area contributed by atoms with Crippen molar-refractivity contribution in [1.29, 1.82) is 0 Å². The number of hydrogen-bond donors (Lipinski definition) is 1. The molecular weight excluding hydrogens is 306 g/mol. The van der Waals surface area contributed by atoms with Gasteiger partial charge in [0.25, 0.3) is 5.89 Å². The Morgan fingerprint density at radius 2 is 2.10 bits per heavy atom. The zero-order chi connectivity index (χ0) is 14.5. The summed E-state index contributed by atoms with van der Waals surface area (Å²) >= 11 is 3.07. The van der Waals surface area contributed by atoms with Gasteiger partial charge in [-0.1, -0.05) is 46.5 Å². The molecular formula is C13H13N5OS2. The predicted octanol–water partition coefficient (Wildman–Crippen LogP) is 3.31. The summed E-state index contributed by atoms with van der Waals surface area (Å²) in [6, 6.07) is 9.72. The molecule has 0 aliphatic carbocycles. The van der Waals surface area contributed by atoms with Crippen LogP contribution in [0.1, 0.15) is 12.7 Å². The van der Waals surface area contributed by atoms with Gasteiger partial charge in [-0.25, -0.2) is 0 Å². The number of hydrogen-bond acceptors (Lipinski definition) is 8. The van der Waals surface area contributed by atoms with Crippen LogP contribution in [0.3, 0.4) is 0 Å². The van der Waals surface area contributed by atoms with Crippen LogP contribution in [-0.2, 0) is 5.75 Å². The summed E-state index contributed by atoms with van der Waals surface area (Å²) in [6.07, 6.45) is 0. The average molecular weight is 319 g/mol. The van der Waals surface area contributed by atoms with Gasteiger partial charge in [0.05, 0.1) is 5.75 Å². The first-order valence-electron chi connectivity index (χ1n) is 6.43. The van der Waals surface area contributed by atoms with Crippen LogP contribution in [0.4, 0.5) is 5.13 Å². The summed E-state index contributed by atoms with van der Waals surface area (Å²) in [4.78, 5) is 4.38. The third-order valence-corrected chi connectivity index (χ3v) is 4.56. The standard InChI is InChI=1S/C13H13N5OS2/c1-2-14-12-16-17-13(21-12)20-8-10-15-11(19-18-10)9-6-4-3-5-7-9/h3-7H,2,8H2,1H3,(H,14,16). The van der Waals surface area contributed by atoms with Crippen LogP contribution in [0.2, 0.25) is 0 Å². The van der Waals surface area contributed by atoms with Crippen molar-refractivity contribution >= 4 is 28.2 Å². The molecule has 6 nitrogen and oxygen atoms in total. The van der Waals surface area contributed by atoms with E-state index >= 15 is 0 Å². The highest BCUT2D eigenvalue weighted by Gasteiger charge is 2.10. The molecule has 3 rings (SSSR count). The lowest BCUT2D eigenvalue weighted by atomic mass is 10.2. The molecule has 21 heavy (non-hydrogen) atoms. The molecule has 1 aromatic carbocycles. The minimum atomic E-state index is 0.539. The van der Waals surface area contributed by atoms with Crippen molar-refractivity contribution in [3.05, 3.63) is 36.2 Å². The van der Waals surface area contributed by atoms with E-state index in [0.29, 0.717) is 17.5 Å². The Kier molecular flexibility index (Phi) is 4.46. The third kappa shape index (κ3) is 3.59. The number of anilines is 1. The number of thioether (sulfide) groups is 1. The highest BCUT2D eigenvalue weighted by molar-refractivity contribution is 8.00. The van der Waals surface area contributed by atoms with Gasteiger partial charge in [-0.3, -0.25) is 0 Å². The van der Waals surface area contributed by atoms with E-state index in [1.54, 1.807) is 11.8 Å². The average Bonchev–Trinajstić information content (AvgIpc) is 3.16. The van der Waals surface area contributed by atoms with Crippen molar-refractivity contribution in [1.82, 2.24) is 20.3 Å². The quantitative estimate of drug-likeness (QED) is 0.698.